The second-order valence-corrected chi connectivity index (χ2v) is 9.56. The van der Waals surface area contributed by atoms with Gasteiger partial charge in [-0.2, -0.15) is 5.10 Å². The van der Waals surface area contributed by atoms with Gasteiger partial charge in [-0.05, 0) is 73.9 Å². The molecule has 166 valence electrons. The zero-order valence-corrected chi connectivity index (χ0v) is 19.2. The molecule has 3 aromatic carbocycles. The SMILES string of the molecule is Cc1c(C2CCOCC2)n(-c2ccc(F)cc2)c2cc3cnn(Sc4ccccc4)c3cc12. The average Bonchev–Trinajstić information content (AvgIpc) is 3.37. The quantitative estimate of drug-likeness (QED) is 0.295. The first kappa shape index (κ1) is 20.5. The Morgan fingerprint density at radius 3 is 2.48 bits per heavy atom. The van der Waals surface area contributed by atoms with Gasteiger partial charge in [0.25, 0.3) is 0 Å². The first-order chi connectivity index (χ1) is 16.2. The molecular weight excluding hydrogens is 433 g/mol. The van der Waals surface area contributed by atoms with E-state index in [-0.39, 0.29) is 5.82 Å². The van der Waals surface area contributed by atoms with E-state index in [1.165, 1.54) is 28.8 Å². The van der Waals surface area contributed by atoms with Gasteiger partial charge in [-0.25, -0.2) is 8.48 Å². The van der Waals surface area contributed by atoms with Gasteiger partial charge in [0.15, 0.2) is 0 Å². The predicted octanol–water partition coefficient (Wildman–Crippen LogP) is 6.88. The number of benzene rings is 3. The fraction of sp³-hybridized carbons (Fsp3) is 0.222. The molecule has 1 aliphatic rings. The summed E-state index contributed by atoms with van der Waals surface area (Å²) in [6.07, 6.45) is 3.92. The average molecular weight is 458 g/mol. The molecule has 0 amide bonds. The van der Waals surface area contributed by atoms with E-state index in [2.05, 4.69) is 40.9 Å². The highest BCUT2D eigenvalue weighted by atomic mass is 32.2. The summed E-state index contributed by atoms with van der Waals surface area (Å²) in [5.74, 6) is 0.190. The van der Waals surface area contributed by atoms with Crippen LogP contribution >= 0.6 is 11.9 Å². The van der Waals surface area contributed by atoms with Crippen molar-refractivity contribution in [1.82, 2.24) is 13.8 Å². The molecule has 0 saturated carbocycles. The molecule has 0 spiro atoms. The molecule has 33 heavy (non-hydrogen) atoms. The van der Waals surface area contributed by atoms with Crippen LogP contribution in [0.15, 0.2) is 77.8 Å². The molecule has 6 rings (SSSR count). The lowest BCUT2D eigenvalue weighted by molar-refractivity contribution is 0.0841. The molecule has 2 aromatic heterocycles. The largest absolute Gasteiger partial charge is 0.381 e. The maximum absolute atomic E-state index is 13.7. The zero-order valence-electron chi connectivity index (χ0n) is 18.4. The van der Waals surface area contributed by atoms with Crippen molar-refractivity contribution in [2.24, 2.45) is 0 Å². The summed E-state index contributed by atoms with van der Waals surface area (Å²) >= 11 is 1.62. The number of hydrogen-bond acceptors (Lipinski definition) is 3. The molecule has 1 saturated heterocycles. The lowest BCUT2D eigenvalue weighted by Crippen LogP contribution is -2.17. The van der Waals surface area contributed by atoms with Crippen LogP contribution in [-0.2, 0) is 4.74 Å². The van der Waals surface area contributed by atoms with Crippen LogP contribution in [0.2, 0.25) is 0 Å². The Morgan fingerprint density at radius 2 is 1.73 bits per heavy atom. The van der Waals surface area contributed by atoms with Crippen LogP contribution in [0.4, 0.5) is 4.39 Å². The summed E-state index contributed by atoms with van der Waals surface area (Å²) in [6.45, 7) is 3.77. The van der Waals surface area contributed by atoms with Crippen LogP contribution < -0.4 is 0 Å². The number of rotatable bonds is 4. The minimum atomic E-state index is -0.221. The first-order valence-corrected chi connectivity index (χ1v) is 12.1. The lowest BCUT2D eigenvalue weighted by atomic mass is 9.93. The Balaban J connectivity index is 1.56. The van der Waals surface area contributed by atoms with Crippen molar-refractivity contribution in [3.8, 4) is 5.69 Å². The van der Waals surface area contributed by atoms with E-state index in [1.54, 1.807) is 11.9 Å². The smallest absolute Gasteiger partial charge is 0.123 e. The monoisotopic (exact) mass is 457 g/mol. The van der Waals surface area contributed by atoms with E-state index in [4.69, 9.17) is 4.74 Å². The van der Waals surface area contributed by atoms with Crippen LogP contribution in [-0.4, -0.2) is 27.0 Å². The fourth-order valence-corrected chi connectivity index (χ4v) is 5.77. The Morgan fingerprint density at radius 1 is 0.970 bits per heavy atom. The Labute approximate surface area is 196 Å². The summed E-state index contributed by atoms with van der Waals surface area (Å²) in [5, 5.41) is 6.95. The molecule has 0 atom stereocenters. The van der Waals surface area contributed by atoms with Crippen molar-refractivity contribution in [3.63, 3.8) is 0 Å². The molecule has 0 aliphatic carbocycles. The molecule has 3 heterocycles. The number of nitrogens with zero attached hydrogens (tertiary/aromatic N) is 3. The molecule has 0 N–H and O–H groups in total. The molecule has 4 nitrogen and oxygen atoms in total. The minimum absolute atomic E-state index is 0.221. The highest BCUT2D eigenvalue weighted by Crippen LogP contribution is 2.40. The van der Waals surface area contributed by atoms with Crippen LogP contribution in [0.3, 0.4) is 0 Å². The molecule has 0 radical (unpaired) electrons. The second-order valence-electron chi connectivity index (χ2n) is 8.56. The van der Waals surface area contributed by atoms with Gasteiger partial charge in [0.05, 0.1) is 17.2 Å². The minimum Gasteiger partial charge on any atom is -0.381 e. The second kappa shape index (κ2) is 8.36. The lowest BCUT2D eigenvalue weighted by Gasteiger charge is -2.25. The third kappa shape index (κ3) is 3.63. The van der Waals surface area contributed by atoms with Gasteiger partial charge >= 0.3 is 0 Å². The predicted molar refractivity (Wildman–Crippen MR) is 132 cm³/mol. The van der Waals surface area contributed by atoms with Gasteiger partial charge in [-0.3, -0.25) is 0 Å². The normalized spacial score (nSPS) is 15.0. The van der Waals surface area contributed by atoms with Gasteiger partial charge in [-0.15, -0.1) is 0 Å². The Hall–Kier alpha value is -3.09. The summed E-state index contributed by atoms with van der Waals surface area (Å²) in [5.41, 5.74) is 5.80. The number of halogens is 1. The molecule has 1 fully saturated rings. The van der Waals surface area contributed by atoms with Gasteiger partial charge in [0.2, 0.25) is 0 Å². The van der Waals surface area contributed by atoms with Gasteiger partial charge in [0.1, 0.15) is 5.82 Å². The molecule has 0 bridgehead atoms. The van der Waals surface area contributed by atoms with E-state index >= 15 is 0 Å². The van der Waals surface area contributed by atoms with Gasteiger partial charge in [0, 0.05) is 58.1 Å². The number of aryl methyl sites for hydroxylation is 1. The summed E-state index contributed by atoms with van der Waals surface area (Å²) in [6, 6.07) is 21.6. The van der Waals surface area contributed by atoms with Crippen LogP contribution in [0.1, 0.15) is 30.0 Å². The molecular formula is C27H24FN3OS. The molecule has 1 aliphatic heterocycles. The summed E-state index contributed by atoms with van der Waals surface area (Å²) in [4.78, 5) is 1.14. The fourth-order valence-electron chi connectivity index (χ4n) is 4.94. The molecule has 6 heteroatoms. The molecule has 5 aromatic rings. The number of aromatic nitrogens is 3. The van der Waals surface area contributed by atoms with Crippen molar-refractivity contribution in [2.45, 2.75) is 30.6 Å². The third-order valence-corrected chi connectivity index (χ3v) is 7.50. The Bertz CT molecular complexity index is 1430. The van der Waals surface area contributed by atoms with Crippen LogP contribution in [0.25, 0.3) is 27.5 Å². The number of ether oxygens (including phenoxy) is 1. The molecule has 0 unspecified atom stereocenters. The maximum Gasteiger partial charge on any atom is 0.123 e. The third-order valence-electron chi connectivity index (χ3n) is 6.55. The number of fused-ring (bicyclic) bond motifs is 2. The summed E-state index contributed by atoms with van der Waals surface area (Å²) < 4.78 is 23.7. The van der Waals surface area contributed by atoms with Crippen LogP contribution in [0.5, 0.6) is 0 Å². The van der Waals surface area contributed by atoms with Crippen molar-refractivity contribution in [3.05, 3.63) is 90.0 Å². The van der Waals surface area contributed by atoms with E-state index in [9.17, 15) is 4.39 Å². The van der Waals surface area contributed by atoms with E-state index in [1.807, 2.05) is 40.6 Å². The highest BCUT2D eigenvalue weighted by Gasteiger charge is 2.26. The summed E-state index contributed by atoms with van der Waals surface area (Å²) in [7, 11) is 0. The number of hydrogen-bond donors (Lipinski definition) is 0. The van der Waals surface area contributed by atoms with Crippen LogP contribution in [0, 0.1) is 12.7 Å². The Kier molecular flexibility index (Phi) is 5.19. The standard InChI is InChI=1S/C27H24FN3OS/c1-18-24-16-25-20(17-29-31(25)33-23-5-3-2-4-6-23)15-26(24)30(22-9-7-21(28)8-10-22)27(18)19-11-13-32-14-12-19/h2-10,15-17,19H,11-14H2,1H3. The van der Waals surface area contributed by atoms with E-state index < -0.39 is 0 Å². The van der Waals surface area contributed by atoms with Crippen molar-refractivity contribution >= 4 is 33.8 Å². The maximum atomic E-state index is 13.7. The van der Waals surface area contributed by atoms with Crippen molar-refractivity contribution in [2.75, 3.05) is 13.2 Å². The topological polar surface area (TPSA) is 32.0 Å². The van der Waals surface area contributed by atoms with Crippen molar-refractivity contribution < 1.29 is 9.13 Å². The van der Waals surface area contributed by atoms with Gasteiger partial charge < -0.3 is 9.30 Å². The van der Waals surface area contributed by atoms with Crippen molar-refractivity contribution in [1.29, 1.82) is 0 Å². The highest BCUT2D eigenvalue weighted by molar-refractivity contribution is 7.98. The first-order valence-electron chi connectivity index (χ1n) is 11.3. The van der Waals surface area contributed by atoms with E-state index in [0.717, 1.165) is 53.1 Å². The van der Waals surface area contributed by atoms with Gasteiger partial charge in [-0.1, -0.05) is 18.2 Å². The zero-order chi connectivity index (χ0) is 22.4. The van der Waals surface area contributed by atoms with E-state index in [0.29, 0.717) is 5.92 Å².